The summed E-state index contributed by atoms with van der Waals surface area (Å²) in [6, 6.07) is 0. The van der Waals surface area contributed by atoms with Crippen LogP contribution in [-0.2, 0) is 28.6 Å². The molecular weight excluding hydrogens is 400 g/mol. The van der Waals surface area contributed by atoms with Gasteiger partial charge in [-0.3, -0.25) is 9.59 Å². The molecule has 2 aliphatic rings. The summed E-state index contributed by atoms with van der Waals surface area (Å²) in [6.07, 6.45) is 1.52. The van der Waals surface area contributed by atoms with Gasteiger partial charge in [-0.1, -0.05) is 23.3 Å². The van der Waals surface area contributed by atoms with Gasteiger partial charge < -0.3 is 19.3 Å². The molecule has 0 spiro atoms. The Hall–Kier alpha value is -2.41. The first-order valence-corrected chi connectivity index (χ1v) is 10.6. The second kappa shape index (κ2) is 9.81. The number of esters is 3. The number of rotatable bonds is 6. The first kappa shape index (κ1) is 24.9. The van der Waals surface area contributed by atoms with Gasteiger partial charge in [-0.05, 0) is 58.4 Å². The molecule has 7 nitrogen and oxygen atoms in total. The van der Waals surface area contributed by atoms with E-state index in [1.165, 1.54) is 19.9 Å². The fourth-order valence-corrected chi connectivity index (χ4v) is 4.98. The Balaban J connectivity index is 2.66. The summed E-state index contributed by atoms with van der Waals surface area (Å²) in [4.78, 5) is 36.4. The lowest BCUT2D eigenvalue weighted by molar-refractivity contribution is -0.217. The van der Waals surface area contributed by atoms with Gasteiger partial charge >= 0.3 is 17.9 Å². The number of hydrogen-bond acceptors (Lipinski definition) is 7. The van der Waals surface area contributed by atoms with E-state index in [9.17, 15) is 19.5 Å². The highest BCUT2D eigenvalue weighted by molar-refractivity contribution is 5.83. The highest BCUT2D eigenvalue weighted by atomic mass is 16.6. The second-order valence-corrected chi connectivity index (χ2v) is 9.00. The SMILES string of the molecule is C=C(C)[C@@H]1C[C@H](OC(C)=O)[C@@]2(CO)[C@H](C1)C(C)=C[C@H](OC(C)=O)[C@@H]2OC(=O)C=C(C)C. The van der Waals surface area contributed by atoms with Crippen molar-refractivity contribution in [1.82, 2.24) is 0 Å². The summed E-state index contributed by atoms with van der Waals surface area (Å²) >= 11 is 0. The van der Waals surface area contributed by atoms with Crippen molar-refractivity contribution in [2.45, 2.75) is 72.7 Å². The highest BCUT2D eigenvalue weighted by Gasteiger charge is 2.62. The summed E-state index contributed by atoms with van der Waals surface area (Å²) in [5.74, 6) is -1.83. The molecule has 1 fully saturated rings. The lowest BCUT2D eigenvalue weighted by Crippen LogP contribution is -2.64. The monoisotopic (exact) mass is 434 g/mol. The molecule has 0 aromatic carbocycles. The molecule has 0 saturated heterocycles. The number of allylic oxidation sites excluding steroid dienone is 3. The van der Waals surface area contributed by atoms with Crippen LogP contribution in [0.4, 0.5) is 0 Å². The molecule has 0 amide bonds. The Bertz CT molecular complexity index is 805. The van der Waals surface area contributed by atoms with Crippen molar-refractivity contribution >= 4 is 17.9 Å². The Kier molecular flexibility index (Phi) is 7.87. The molecule has 2 aliphatic carbocycles. The van der Waals surface area contributed by atoms with Gasteiger partial charge in [0.2, 0.25) is 0 Å². The first-order chi connectivity index (χ1) is 14.4. The molecule has 0 radical (unpaired) electrons. The number of aliphatic hydroxyl groups excluding tert-OH is 1. The van der Waals surface area contributed by atoms with Crippen molar-refractivity contribution in [3.63, 3.8) is 0 Å². The number of carbonyl (C=O) groups is 3. The van der Waals surface area contributed by atoms with Crippen LogP contribution in [0.5, 0.6) is 0 Å². The predicted molar refractivity (Wildman–Crippen MR) is 115 cm³/mol. The van der Waals surface area contributed by atoms with Gasteiger partial charge in [0, 0.05) is 19.9 Å². The third-order valence-corrected chi connectivity index (χ3v) is 6.30. The predicted octanol–water partition coefficient (Wildman–Crippen LogP) is 3.27. The molecule has 0 aliphatic heterocycles. The van der Waals surface area contributed by atoms with Crippen molar-refractivity contribution in [3.8, 4) is 0 Å². The Labute approximate surface area is 184 Å². The average molecular weight is 435 g/mol. The van der Waals surface area contributed by atoms with Crippen LogP contribution >= 0.6 is 0 Å². The number of fused-ring (bicyclic) bond motifs is 1. The molecule has 0 aromatic rings. The molecule has 1 saturated carbocycles. The summed E-state index contributed by atoms with van der Waals surface area (Å²) in [7, 11) is 0. The molecule has 31 heavy (non-hydrogen) atoms. The molecule has 2 rings (SSSR count). The molecule has 0 bridgehead atoms. The first-order valence-electron chi connectivity index (χ1n) is 10.6. The minimum Gasteiger partial charge on any atom is -0.462 e. The fraction of sp³-hybridized carbons (Fsp3) is 0.625. The molecular formula is C24H34O7. The van der Waals surface area contributed by atoms with Crippen molar-refractivity contribution in [1.29, 1.82) is 0 Å². The Morgan fingerprint density at radius 3 is 2.19 bits per heavy atom. The van der Waals surface area contributed by atoms with Crippen LogP contribution in [-0.4, -0.2) is 47.9 Å². The van der Waals surface area contributed by atoms with E-state index < -0.39 is 48.2 Å². The molecule has 172 valence electrons. The van der Waals surface area contributed by atoms with Crippen LogP contribution in [0.25, 0.3) is 0 Å². The van der Waals surface area contributed by atoms with E-state index in [0.29, 0.717) is 12.8 Å². The van der Waals surface area contributed by atoms with Crippen LogP contribution in [0.3, 0.4) is 0 Å². The molecule has 6 atom stereocenters. The van der Waals surface area contributed by atoms with Crippen molar-refractivity contribution < 1.29 is 33.7 Å². The van der Waals surface area contributed by atoms with Crippen LogP contribution in [0.1, 0.15) is 54.4 Å². The molecule has 0 unspecified atom stereocenters. The Morgan fingerprint density at radius 1 is 1.10 bits per heavy atom. The molecule has 0 aromatic heterocycles. The smallest absolute Gasteiger partial charge is 0.331 e. The minimum absolute atomic E-state index is 0.0665. The van der Waals surface area contributed by atoms with E-state index in [4.69, 9.17) is 14.2 Å². The van der Waals surface area contributed by atoms with Gasteiger partial charge in [0.15, 0.2) is 12.2 Å². The largest absolute Gasteiger partial charge is 0.462 e. The quantitative estimate of drug-likeness (QED) is 0.296. The van der Waals surface area contributed by atoms with Crippen LogP contribution in [0.15, 0.2) is 35.5 Å². The van der Waals surface area contributed by atoms with E-state index in [1.807, 2.05) is 13.8 Å². The summed E-state index contributed by atoms with van der Waals surface area (Å²) < 4.78 is 17.0. The lowest BCUT2D eigenvalue weighted by Gasteiger charge is -2.56. The van der Waals surface area contributed by atoms with Crippen LogP contribution in [0, 0.1) is 17.3 Å². The van der Waals surface area contributed by atoms with E-state index in [-0.39, 0.29) is 11.8 Å². The van der Waals surface area contributed by atoms with Gasteiger partial charge in [0.1, 0.15) is 6.10 Å². The number of ether oxygens (including phenoxy) is 3. The van der Waals surface area contributed by atoms with Gasteiger partial charge in [-0.15, -0.1) is 0 Å². The fourth-order valence-electron chi connectivity index (χ4n) is 4.98. The zero-order valence-corrected chi connectivity index (χ0v) is 19.3. The third kappa shape index (κ3) is 5.26. The molecule has 7 heteroatoms. The average Bonchev–Trinajstić information content (AvgIpc) is 2.63. The maximum absolute atomic E-state index is 12.6. The lowest BCUT2D eigenvalue weighted by atomic mass is 9.53. The van der Waals surface area contributed by atoms with Crippen molar-refractivity contribution in [2.24, 2.45) is 17.3 Å². The van der Waals surface area contributed by atoms with E-state index >= 15 is 0 Å². The standard InChI is InChI=1S/C24H34O7/c1-13(2)8-22(28)31-23-20(29-16(6)26)9-15(5)19-10-18(14(3)4)11-21(30-17(7)27)24(19,23)12-25/h8-9,18-21,23,25H,3,10-12H2,1-2,4-7H3/t18-,19+,20-,21-,23-,24+/m0/s1. The molecule has 0 heterocycles. The number of carbonyl (C=O) groups excluding carboxylic acids is 3. The maximum atomic E-state index is 12.6. The highest BCUT2D eigenvalue weighted by Crippen LogP contribution is 2.55. The van der Waals surface area contributed by atoms with Gasteiger partial charge in [0.25, 0.3) is 0 Å². The van der Waals surface area contributed by atoms with Crippen molar-refractivity contribution in [2.75, 3.05) is 6.61 Å². The van der Waals surface area contributed by atoms with Gasteiger partial charge in [0.05, 0.1) is 12.0 Å². The zero-order chi connectivity index (χ0) is 23.5. The summed E-state index contributed by atoms with van der Waals surface area (Å²) in [6.45, 7) is 13.6. The summed E-state index contributed by atoms with van der Waals surface area (Å²) in [5, 5.41) is 10.7. The van der Waals surface area contributed by atoms with Gasteiger partial charge in [-0.2, -0.15) is 0 Å². The zero-order valence-electron chi connectivity index (χ0n) is 19.3. The minimum atomic E-state index is -1.15. The topological polar surface area (TPSA) is 99.1 Å². The maximum Gasteiger partial charge on any atom is 0.331 e. The van der Waals surface area contributed by atoms with Gasteiger partial charge in [-0.25, -0.2) is 4.79 Å². The summed E-state index contributed by atoms with van der Waals surface area (Å²) in [5.41, 5.74) is 1.44. The number of aliphatic hydroxyl groups is 1. The third-order valence-electron chi connectivity index (χ3n) is 6.30. The number of hydrogen-bond donors (Lipinski definition) is 1. The second-order valence-electron chi connectivity index (χ2n) is 9.00. The van der Waals surface area contributed by atoms with Crippen LogP contribution < -0.4 is 0 Å². The van der Waals surface area contributed by atoms with Crippen LogP contribution in [0.2, 0.25) is 0 Å². The van der Waals surface area contributed by atoms with E-state index in [2.05, 4.69) is 6.58 Å². The van der Waals surface area contributed by atoms with E-state index in [0.717, 1.165) is 16.7 Å². The normalized spacial score (nSPS) is 32.1. The molecule has 1 N–H and O–H groups in total. The van der Waals surface area contributed by atoms with E-state index in [1.54, 1.807) is 19.9 Å². The Morgan fingerprint density at radius 2 is 1.71 bits per heavy atom. The van der Waals surface area contributed by atoms with Crippen molar-refractivity contribution in [3.05, 3.63) is 35.5 Å².